The summed E-state index contributed by atoms with van der Waals surface area (Å²) >= 11 is 1.80. The molecule has 0 spiro atoms. The average Bonchev–Trinajstić information content (AvgIpc) is 2.50. The fourth-order valence-corrected chi connectivity index (χ4v) is 1.41. The first-order valence-electron chi connectivity index (χ1n) is 3.91. The van der Waals surface area contributed by atoms with Crippen molar-refractivity contribution in [1.29, 1.82) is 0 Å². The molecule has 0 aliphatic carbocycles. The summed E-state index contributed by atoms with van der Waals surface area (Å²) in [6.07, 6.45) is 0. The third kappa shape index (κ3) is 2.46. The van der Waals surface area contributed by atoms with Gasteiger partial charge in [-0.3, -0.25) is 0 Å². The van der Waals surface area contributed by atoms with Gasteiger partial charge >= 0.3 is 0 Å². The molecule has 1 aromatic rings. The van der Waals surface area contributed by atoms with E-state index >= 15 is 0 Å². The number of hydrogen-bond donors (Lipinski definition) is 1. The summed E-state index contributed by atoms with van der Waals surface area (Å²) < 4.78 is 1.75. The number of hydrogen-bond acceptors (Lipinski definition) is 5. The van der Waals surface area contributed by atoms with Gasteiger partial charge in [-0.05, 0) is 16.2 Å². The third-order valence-electron chi connectivity index (χ3n) is 1.38. The molecule has 12 heavy (non-hydrogen) atoms. The maximum atomic E-state index is 5.39. The van der Waals surface area contributed by atoms with Gasteiger partial charge in [-0.25, -0.2) is 4.68 Å². The molecule has 68 valence electrons. The molecule has 0 unspecified atom stereocenters. The molecule has 2 N–H and O–H groups in total. The molecule has 0 amide bonds. The highest BCUT2D eigenvalue weighted by Gasteiger charge is 2.03. The molecule has 0 aliphatic heterocycles. The Morgan fingerprint density at radius 2 is 2.42 bits per heavy atom. The van der Waals surface area contributed by atoms with Crippen molar-refractivity contribution < 1.29 is 0 Å². The number of rotatable bonds is 5. The van der Waals surface area contributed by atoms with Crippen molar-refractivity contribution in [3.63, 3.8) is 0 Å². The van der Waals surface area contributed by atoms with Crippen molar-refractivity contribution >= 4 is 11.8 Å². The number of nitrogens with two attached hydrogens (primary N) is 1. The molecule has 0 saturated heterocycles. The van der Waals surface area contributed by atoms with Crippen molar-refractivity contribution in [1.82, 2.24) is 20.2 Å². The lowest BCUT2D eigenvalue weighted by Crippen LogP contribution is -2.13. The van der Waals surface area contributed by atoms with Crippen LogP contribution in [-0.4, -0.2) is 32.5 Å². The highest BCUT2D eigenvalue weighted by Crippen LogP contribution is 2.07. The van der Waals surface area contributed by atoms with E-state index in [1.807, 2.05) is 0 Å². The van der Waals surface area contributed by atoms with Crippen LogP contribution in [0.15, 0.2) is 0 Å². The predicted molar refractivity (Wildman–Crippen MR) is 48.7 cm³/mol. The summed E-state index contributed by atoms with van der Waals surface area (Å²) in [4.78, 5) is 0. The normalized spacial score (nSPS) is 10.5. The molecule has 0 aliphatic rings. The van der Waals surface area contributed by atoms with Gasteiger partial charge in [0.05, 0.1) is 12.3 Å². The van der Waals surface area contributed by atoms with E-state index in [1.54, 1.807) is 16.4 Å². The molecule has 5 nitrogen and oxygen atoms in total. The van der Waals surface area contributed by atoms with E-state index in [-0.39, 0.29) is 0 Å². The minimum atomic E-state index is 0.578. The van der Waals surface area contributed by atoms with E-state index in [0.29, 0.717) is 13.1 Å². The van der Waals surface area contributed by atoms with Gasteiger partial charge in [0, 0.05) is 6.54 Å². The van der Waals surface area contributed by atoms with Gasteiger partial charge in [-0.1, -0.05) is 6.92 Å². The van der Waals surface area contributed by atoms with Crippen molar-refractivity contribution in [2.75, 3.05) is 12.3 Å². The molecule has 1 rings (SSSR count). The number of aromatic nitrogens is 4. The summed E-state index contributed by atoms with van der Waals surface area (Å²) in [5.41, 5.74) is 5.39. The Morgan fingerprint density at radius 3 is 3.08 bits per heavy atom. The van der Waals surface area contributed by atoms with Crippen LogP contribution in [0.1, 0.15) is 12.7 Å². The summed E-state index contributed by atoms with van der Waals surface area (Å²) in [7, 11) is 0. The van der Waals surface area contributed by atoms with Crippen molar-refractivity contribution in [2.45, 2.75) is 19.2 Å². The molecule has 0 saturated carbocycles. The second-order valence-electron chi connectivity index (χ2n) is 2.24. The monoisotopic (exact) mass is 187 g/mol. The van der Waals surface area contributed by atoms with Crippen LogP contribution in [-0.2, 0) is 12.3 Å². The molecule has 0 fully saturated rings. The van der Waals surface area contributed by atoms with Gasteiger partial charge in [-0.2, -0.15) is 11.8 Å². The molecule has 0 bridgehead atoms. The average molecular weight is 187 g/mol. The van der Waals surface area contributed by atoms with Gasteiger partial charge < -0.3 is 5.73 Å². The Hall–Kier alpha value is -0.620. The Balaban J connectivity index is 2.51. The Bertz CT molecular complexity index is 223. The minimum Gasteiger partial charge on any atom is -0.329 e. The zero-order valence-electron chi connectivity index (χ0n) is 7.10. The van der Waals surface area contributed by atoms with Crippen LogP contribution in [0.25, 0.3) is 0 Å². The maximum absolute atomic E-state index is 5.39. The third-order valence-corrected chi connectivity index (χ3v) is 2.25. The predicted octanol–water partition coefficient (Wildman–Crippen LogP) is -0.115. The number of thioether (sulfide) groups is 1. The standard InChI is InChI=1S/C6H13N5S/c1-2-12-5-6-8-9-10-11(6)4-3-7/h2-5,7H2,1H3. The molecular formula is C6H13N5S. The first kappa shape index (κ1) is 9.47. The summed E-state index contributed by atoms with van der Waals surface area (Å²) in [5, 5.41) is 11.3. The first-order chi connectivity index (χ1) is 5.88. The van der Waals surface area contributed by atoms with E-state index in [9.17, 15) is 0 Å². The number of nitrogens with zero attached hydrogens (tertiary/aromatic N) is 4. The molecule has 1 heterocycles. The smallest absolute Gasteiger partial charge is 0.161 e. The van der Waals surface area contributed by atoms with Crippen molar-refractivity contribution in [2.24, 2.45) is 5.73 Å². The van der Waals surface area contributed by atoms with Crippen LogP contribution in [0.4, 0.5) is 0 Å². The Morgan fingerprint density at radius 1 is 1.58 bits per heavy atom. The Kier molecular flexibility index (Phi) is 4.02. The summed E-state index contributed by atoms with van der Waals surface area (Å²) in [6, 6.07) is 0. The molecule has 0 aromatic carbocycles. The molecule has 0 atom stereocenters. The first-order valence-corrected chi connectivity index (χ1v) is 5.06. The lowest BCUT2D eigenvalue weighted by molar-refractivity contribution is 0.583. The molecular weight excluding hydrogens is 174 g/mol. The van der Waals surface area contributed by atoms with Gasteiger partial charge in [0.2, 0.25) is 0 Å². The van der Waals surface area contributed by atoms with E-state index < -0.39 is 0 Å². The zero-order chi connectivity index (χ0) is 8.81. The van der Waals surface area contributed by atoms with E-state index in [0.717, 1.165) is 17.3 Å². The lowest BCUT2D eigenvalue weighted by Gasteiger charge is -2.00. The van der Waals surface area contributed by atoms with E-state index in [1.165, 1.54) is 0 Å². The topological polar surface area (TPSA) is 69.6 Å². The molecule has 0 radical (unpaired) electrons. The molecule has 6 heteroatoms. The fraction of sp³-hybridized carbons (Fsp3) is 0.833. The van der Waals surface area contributed by atoms with Crippen molar-refractivity contribution in [3.8, 4) is 0 Å². The SMILES string of the molecule is CCSCc1nnnn1CCN. The zero-order valence-corrected chi connectivity index (χ0v) is 7.92. The largest absolute Gasteiger partial charge is 0.329 e. The van der Waals surface area contributed by atoms with Crippen molar-refractivity contribution in [3.05, 3.63) is 5.82 Å². The maximum Gasteiger partial charge on any atom is 0.161 e. The van der Waals surface area contributed by atoms with Crippen LogP contribution in [0.3, 0.4) is 0 Å². The number of tetrazole rings is 1. The summed E-state index contributed by atoms with van der Waals surface area (Å²) in [6.45, 7) is 3.39. The van der Waals surface area contributed by atoms with Crippen LogP contribution >= 0.6 is 11.8 Å². The lowest BCUT2D eigenvalue weighted by atomic mass is 10.6. The van der Waals surface area contributed by atoms with Crippen LogP contribution in [0.5, 0.6) is 0 Å². The van der Waals surface area contributed by atoms with Gasteiger partial charge in [0.15, 0.2) is 5.82 Å². The van der Waals surface area contributed by atoms with E-state index in [4.69, 9.17) is 5.73 Å². The Labute approximate surface area is 75.7 Å². The highest BCUT2D eigenvalue weighted by molar-refractivity contribution is 7.98. The second-order valence-corrected chi connectivity index (χ2v) is 3.52. The van der Waals surface area contributed by atoms with Gasteiger partial charge in [0.25, 0.3) is 0 Å². The van der Waals surface area contributed by atoms with Gasteiger partial charge in [-0.15, -0.1) is 5.10 Å². The summed E-state index contributed by atoms with van der Waals surface area (Å²) in [5.74, 6) is 2.85. The minimum absolute atomic E-state index is 0.578. The van der Waals surface area contributed by atoms with Crippen LogP contribution < -0.4 is 5.73 Å². The quantitative estimate of drug-likeness (QED) is 0.696. The second kappa shape index (κ2) is 5.10. The van der Waals surface area contributed by atoms with Crippen LogP contribution in [0, 0.1) is 0 Å². The van der Waals surface area contributed by atoms with Crippen LogP contribution in [0.2, 0.25) is 0 Å². The van der Waals surface area contributed by atoms with Gasteiger partial charge in [0.1, 0.15) is 0 Å². The molecule has 1 aromatic heterocycles. The van der Waals surface area contributed by atoms with E-state index in [2.05, 4.69) is 22.4 Å². The highest BCUT2D eigenvalue weighted by atomic mass is 32.2. The fourth-order valence-electron chi connectivity index (χ4n) is 0.816.